The number of nitrogens with zero attached hydrogens (tertiary/aromatic N) is 1. The molecule has 1 aromatic carbocycles. The van der Waals surface area contributed by atoms with E-state index < -0.39 is 53.9 Å². The largest absolute Gasteiger partial charge is 0.463 e. The van der Waals surface area contributed by atoms with E-state index in [9.17, 15) is 24.0 Å². The van der Waals surface area contributed by atoms with Crippen molar-refractivity contribution in [3.8, 4) is 12.3 Å². The van der Waals surface area contributed by atoms with Crippen LogP contribution in [0.15, 0.2) is 24.3 Å². The highest BCUT2D eigenvalue weighted by molar-refractivity contribution is 6.04. The van der Waals surface area contributed by atoms with Gasteiger partial charge in [0.1, 0.15) is 6.10 Å². The summed E-state index contributed by atoms with van der Waals surface area (Å²) in [6.07, 6.45) is 3.83. The molecule has 3 rings (SSSR count). The molecule has 2 amide bonds. The van der Waals surface area contributed by atoms with E-state index in [4.69, 9.17) is 34.8 Å². The van der Waals surface area contributed by atoms with Crippen LogP contribution in [-0.2, 0) is 54.0 Å². The van der Waals surface area contributed by atoms with Crippen molar-refractivity contribution in [3.05, 3.63) is 29.8 Å². The highest BCUT2D eigenvalue weighted by Crippen LogP contribution is 2.35. The molecule has 0 aliphatic carbocycles. The number of carbonyl (C=O) groups is 5. The molecule has 2 heterocycles. The molecule has 2 fully saturated rings. The first kappa shape index (κ1) is 32.4. The predicted octanol–water partition coefficient (Wildman–Crippen LogP) is 1.30. The molecule has 2 aliphatic rings. The minimum atomic E-state index is -2.31. The van der Waals surface area contributed by atoms with Gasteiger partial charge in [0.25, 0.3) is 5.60 Å². The second kappa shape index (κ2) is 14.2. The van der Waals surface area contributed by atoms with E-state index in [1.807, 2.05) is 0 Å². The second-order valence-electron chi connectivity index (χ2n) is 9.61. The van der Waals surface area contributed by atoms with E-state index >= 15 is 0 Å². The lowest BCUT2D eigenvalue weighted by atomic mass is 9.91. The molecule has 0 saturated carbocycles. The minimum Gasteiger partial charge on any atom is -0.463 e. The normalized spacial score (nSPS) is 22.0. The number of hydrogen-bond acceptors (Lipinski definition) is 11. The lowest BCUT2D eigenvalue weighted by molar-refractivity contribution is -0.200. The summed E-state index contributed by atoms with van der Waals surface area (Å²) < 4.78 is 32.9. The zero-order valence-corrected chi connectivity index (χ0v) is 24.1. The van der Waals surface area contributed by atoms with Crippen LogP contribution in [0.2, 0.25) is 0 Å². The molecule has 13 heteroatoms. The molecule has 0 aromatic heterocycles. The second-order valence-corrected chi connectivity index (χ2v) is 9.61. The number of esters is 4. The number of anilines is 1. The maximum atomic E-state index is 13.4. The monoisotopic (exact) mass is 588 g/mol. The van der Waals surface area contributed by atoms with Crippen molar-refractivity contribution in [3.63, 3.8) is 0 Å². The van der Waals surface area contributed by atoms with Crippen LogP contribution in [-0.4, -0.2) is 92.8 Å². The molecule has 228 valence electrons. The van der Waals surface area contributed by atoms with Gasteiger partial charge in [-0.3, -0.25) is 14.5 Å². The predicted molar refractivity (Wildman–Crippen MR) is 146 cm³/mol. The van der Waals surface area contributed by atoms with Gasteiger partial charge >= 0.3 is 29.9 Å². The molecule has 0 radical (unpaired) electrons. The summed E-state index contributed by atoms with van der Waals surface area (Å²) in [5.41, 5.74) is -3.09. The molecule has 1 aromatic rings. The summed E-state index contributed by atoms with van der Waals surface area (Å²) in [6, 6.07) is 6.46. The van der Waals surface area contributed by atoms with Crippen molar-refractivity contribution in [2.24, 2.45) is 0 Å². The topological polar surface area (TPSA) is 156 Å². The van der Waals surface area contributed by atoms with Gasteiger partial charge in [-0.25, -0.2) is 14.4 Å². The van der Waals surface area contributed by atoms with E-state index in [-0.39, 0.29) is 32.3 Å². The Bertz CT molecular complexity index is 1190. The van der Waals surface area contributed by atoms with E-state index in [1.165, 1.54) is 0 Å². The summed E-state index contributed by atoms with van der Waals surface area (Å²) in [5.74, 6) is -1.14. The van der Waals surface area contributed by atoms with Crippen LogP contribution in [0.1, 0.15) is 39.7 Å². The van der Waals surface area contributed by atoms with Gasteiger partial charge in [0.05, 0.1) is 26.4 Å². The molecule has 1 N–H and O–H groups in total. The maximum Gasteiger partial charge on any atom is 0.350 e. The van der Waals surface area contributed by atoms with Crippen molar-refractivity contribution < 1.29 is 52.4 Å². The quantitative estimate of drug-likeness (QED) is 0.162. The van der Waals surface area contributed by atoms with Gasteiger partial charge in [0.2, 0.25) is 5.60 Å². The Hall–Kier alpha value is -4.15. The van der Waals surface area contributed by atoms with Gasteiger partial charge < -0.3 is 33.7 Å². The van der Waals surface area contributed by atoms with Crippen molar-refractivity contribution in [2.75, 3.05) is 44.4 Å². The van der Waals surface area contributed by atoms with E-state index in [0.29, 0.717) is 24.3 Å². The van der Waals surface area contributed by atoms with Crippen molar-refractivity contribution in [1.82, 2.24) is 5.32 Å². The SMILES string of the molecule is C#C[C@]1(OC(C)=O)[C@@H](OC(C)=O)CO[C@@H]1COC(Cc1ccc(N2CCCNC2=O)cc1)(C(=O)OCC)C(=O)OCC. The molecule has 0 spiro atoms. The number of rotatable bonds is 12. The van der Waals surface area contributed by atoms with Crippen molar-refractivity contribution in [2.45, 2.75) is 63.9 Å². The highest BCUT2D eigenvalue weighted by Gasteiger charge is 2.58. The first-order chi connectivity index (χ1) is 20.0. The van der Waals surface area contributed by atoms with Gasteiger partial charge in [-0.15, -0.1) is 6.42 Å². The van der Waals surface area contributed by atoms with Gasteiger partial charge in [-0.05, 0) is 38.0 Å². The van der Waals surface area contributed by atoms with E-state index in [0.717, 1.165) is 20.3 Å². The number of terminal acetylenes is 1. The molecule has 42 heavy (non-hydrogen) atoms. The third-order valence-corrected chi connectivity index (χ3v) is 6.72. The molecular weight excluding hydrogens is 552 g/mol. The van der Waals surface area contributed by atoms with Crippen LogP contribution in [0.25, 0.3) is 0 Å². The first-order valence-corrected chi connectivity index (χ1v) is 13.6. The Kier molecular flexibility index (Phi) is 10.9. The number of hydrogen-bond donors (Lipinski definition) is 1. The standard InChI is InChI=1S/C29H36N2O11/c1-6-28(42-20(5)33)23(39-17-24(28)41-19(4)32)18-40-29(25(34)37-7-2,26(35)38-8-3)16-21-10-12-22(13-11-21)31-15-9-14-30-27(31)36/h1,10-13,23-24H,7-9,14-18H2,2-5H3,(H,30,36)/t23-,24+,28-/m1/s1. The van der Waals surface area contributed by atoms with Gasteiger partial charge in [-0.2, -0.15) is 0 Å². The summed E-state index contributed by atoms with van der Waals surface area (Å²) >= 11 is 0. The summed E-state index contributed by atoms with van der Waals surface area (Å²) in [6.45, 7) is 5.65. The molecular formula is C29H36N2O11. The fourth-order valence-electron chi connectivity index (χ4n) is 4.80. The lowest BCUT2D eigenvalue weighted by Crippen LogP contribution is -2.57. The zero-order chi connectivity index (χ0) is 30.9. The molecule has 2 aliphatic heterocycles. The van der Waals surface area contributed by atoms with E-state index in [2.05, 4.69) is 11.2 Å². The van der Waals surface area contributed by atoms with Crippen LogP contribution in [0.3, 0.4) is 0 Å². The highest BCUT2D eigenvalue weighted by atomic mass is 16.7. The third kappa shape index (κ3) is 7.00. The fourth-order valence-corrected chi connectivity index (χ4v) is 4.80. The summed E-state index contributed by atoms with van der Waals surface area (Å²) in [4.78, 5) is 64.4. The van der Waals surface area contributed by atoms with Gasteiger partial charge in [0.15, 0.2) is 6.10 Å². The number of ether oxygens (including phenoxy) is 6. The lowest BCUT2D eigenvalue weighted by Gasteiger charge is -2.35. The van der Waals surface area contributed by atoms with Crippen LogP contribution in [0.4, 0.5) is 10.5 Å². The first-order valence-electron chi connectivity index (χ1n) is 13.6. The smallest absolute Gasteiger partial charge is 0.350 e. The number of nitrogens with one attached hydrogen (secondary N) is 1. The molecule has 3 atom stereocenters. The van der Waals surface area contributed by atoms with Gasteiger partial charge in [0, 0.05) is 39.0 Å². The van der Waals surface area contributed by atoms with Gasteiger partial charge in [-0.1, -0.05) is 18.1 Å². The van der Waals surface area contributed by atoms with Crippen LogP contribution >= 0.6 is 0 Å². The number of urea groups is 1. The number of carbonyl (C=O) groups excluding carboxylic acids is 5. The van der Waals surface area contributed by atoms with Crippen LogP contribution < -0.4 is 10.2 Å². The van der Waals surface area contributed by atoms with Crippen molar-refractivity contribution in [1.29, 1.82) is 0 Å². The Labute approximate surface area is 244 Å². The van der Waals surface area contributed by atoms with Crippen molar-refractivity contribution >= 4 is 35.6 Å². The average molecular weight is 589 g/mol. The molecule has 0 unspecified atom stereocenters. The minimum absolute atomic E-state index is 0.0669. The van der Waals surface area contributed by atoms with Crippen LogP contribution in [0, 0.1) is 12.3 Å². The Balaban J connectivity index is 1.96. The molecule has 0 bridgehead atoms. The number of amides is 2. The molecule has 13 nitrogen and oxygen atoms in total. The molecule has 2 saturated heterocycles. The maximum absolute atomic E-state index is 13.4. The average Bonchev–Trinajstić information content (AvgIpc) is 3.27. The third-order valence-electron chi connectivity index (χ3n) is 6.72. The zero-order valence-electron chi connectivity index (χ0n) is 24.1. The number of benzene rings is 1. The Morgan fingerprint density at radius 1 is 1.10 bits per heavy atom. The van der Waals surface area contributed by atoms with Crippen LogP contribution in [0.5, 0.6) is 0 Å². The van der Waals surface area contributed by atoms with E-state index in [1.54, 1.807) is 43.0 Å². The Morgan fingerprint density at radius 2 is 1.74 bits per heavy atom. The Morgan fingerprint density at radius 3 is 2.26 bits per heavy atom. The summed E-state index contributed by atoms with van der Waals surface area (Å²) in [5, 5.41) is 2.78. The summed E-state index contributed by atoms with van der Waals surface area (Å²) in [7, 11) is 0. The fraction of sp³-hybridized carbons (Fsp3) is 0.552.